The minimum Gasteiger partial charge on any atom is -0.458 e. The highest BCUT2D eigenvalue weighted by atomic mass is 19.1. The Balaban J connectivity index is 1.73. The summed E-state index contributed by atoms with van der Waals surface area (Å²) >= 11 is 0. The molecule has 37 heavy (non-hydrogen) atoms. The smallest absolute Gasteiger partial charge is 0.343 e. The molecule has 0 radical (unpaired) electrons. The maximum Gasteiger partial charge on any atom is 0.343 e. The summed E-state index contributed by atoms with van der Waals surface area (Å²) in [6.07, 6.45) is 2.72. The first-order valence-corrected chi connectivity index (χ1v) is 12.3. The molecule has 2 aliphatic heterocycles. The highest BCUT2D eigenvalue weighted by Crippen LogP contribution is 2.48. The lowest BCUT2D eigenvalue weighted by Crippen LogP contribution is -2.46. The Morgan fingerprint density at radius 2 is 2.08 bits per heavy atom. The van der Waals surface area contributed by atoms with Crippen LogP contribution >= 0.6 is 0 Å². The van der Waals surface area contributed by atoms with Crippen LogP contribution in [0.1, 0.15) is 60.1 Å². The van der Waals surface area contributed by atoms with Gasteiger partial charge in [0.2, 0.25) is 5.91 Å². The Labute approximate surface area is 211 Å². The van der Waals surface area contributed by atoms with Crippen molar-refractivity contribution in [3.63, 3.8) is 0 Å². The molecule has 6 rings (SSSR count). The molecule has 190 valence electrons. The fourth-order valence-electron chi connectivity index (χ4n) is 6.33. The van der Waals surface area contributed by atoms with Crippen molar-refractivity contribution in [2.24, 2.45) is 0 Å². The zero-order valence-electron chi connectivity index (χ0n) is 20.8. The maximum absolute atomic E-state index is 15.0. The van der Waals surface area contributed by atoms with Crippen LogP contribution in [0, 0.1) is 12.7 Å². The molecule has 0 saturated carbocycles. The van der Waals surface area contributed by atoms with E-state index in [0.717, 1.165) is 22.1 Å². The van der Waals surface area contributed by atoms with Gasteiger partial charge in [-0.05, 0) is 48.9 Å². The van der Waals surface area contributed by atoms with E-state index in [2.05, 4.69) is 11.9 Å². The fourth-order valence-corrected chi connectivity index (χ4v) is 6.33. The Bertz CT molecular complexity index is 1660. The van der Waals surface area contributed by atoms with Gasteiger partial charge in [0.05, 0.1) is 34.6 Å². The van der Waals surface area contributed by atoms with Crippen molar-refractivity contribution in [3.05, 3.63) is 74.3 Å². The van der Waals surface area contributed by atoms with Crippen molar-refractivity contribution in [2.45, 2.75) is 64.3 Å². The first kappa shape index (κ1) is 23.5. The molecule has 4 heterocycles. The van der Waals surface area contributed by atoms with Crippen LogP contribution in [0.25, 0.3) is 22.3 Å². The number of hydrogen-bond donors (Lipinski definition) is 2. The van der Waals surface area contributed by atoms with Gasteiger partial charge in [-0.1, -0.05) is 13.0 Å². The molecule has 8 nitrogen and oxygen atoms in total. The van der Waals surface area contributed by atoms with Crippen molar-refractivity contribution >= 4 is 22.8 Å². The zero-order valence-corrected chi connectivity index (χ0v) is 20.8. The Morgan fingerprint density at radius 3 is 2.76 bits per heavy atom. The number of aryl methyl sites for hydroxylation is 1. The zero-order chi connectivity index (χ0) is 26.4. The number of benzene rings is 1. The number of carbonyl (C=O) groups is 2. The van der Waals surface area contributed by atoms with Crippen molar-refractivity contribution < 1.29 is 23.8 Å². The van der Waals surface area contributed by atoms with Crippen LogP contribution in [0.15, 0.2) is 29.6 Å². The third kappa shape index (κ3) is 2.91. The third-order valence-corrected chi connectivity index (χ3v) is 8.27. The summed E-state index contributed by atoms with van der Waals surface area (Å²) in [6.45, 7) is 8.78. The van der Waals surface area contributed by atoms with E-state index in [-0.39, 0.29) is 48.0 Å². The molecule has 2 atom stereocenters. The number of pyridine rings is 2. The summed E-state index contributed by atoms with van der Waals surface area (Å²) in [6, 6.07) is 3.00. The molecular formula is C28H26FN3O5. The number of carbonyl (C=O) groups excluding carboxylic acids is 2. The van der Waals surface area contributed by atoms with Gasteiger partial charge < -0.3 is 19.7 Å². The lowest BCUT2D eigenvalue weighted by atomic mass is 9.73. The van der Waals surface area contributed by atoms with Gasteiger partial charge in [-0.2, -0.15) is 0 Å². The maximum atomic E-state index is 15.0. The summed E-state index contributed by atoms with van der Waals surface area (Å²) in [5.41, 5.74) is 1.26. The van der Waals surface area contributed by atoms with Gasteiger partial charge in [-0.15, -0.1) is 6.58 Å². The molecule has 2 N–H and O–H groups in total. The van der Waals surface area contributed by atoms with Crippen LogP contribution in [-0.4, -0.2) is 26.5 Å². The van der Waals surface area contributed by atoms with E-state index >= 15 is 0 Å². The van der Waals surface area contributed by atoms with Gasteiger partial charge in [0.15, 0.2) is 5.60 Å². The molecule has 0 spiro atoms. The van der Waals surface area contributed by atoms with E-state index in [1.807, 2.05) is 0 Å². The highest BCUT2D eigenvalue weighted by molar-refractivity contribution is 5.95. The molecule has 0 fully saturated rings. The Morgan fingerprint density at radius 1 is 1.32 bits per heavy atom. The number of cyclic esters (lactones) is 1. The summed E-state index contributed by atoms with van der Waals surface area (Å²) in [4.78, 5) is 43.3. The monoisotopic (exact) mass is 503 g/mol. The van der Waals surface area contributed by atoms with Crippen molar-refractivity contribution in [1.29, 1.82) is 0 Å². The summed E-state index contributed by atoms with van der Waals surface area (Å²) in [5, 5.41) is 15.0. The number of esters is 1. The molecule has 1 amide bonds. The standard InChI is InChI=1S/C28H26FN3O5/c1-5-27(31-14(4)33)8-7-15-13(3)19(29)10-20-22(15)23(27)16-11-32-21(24(16)30-20)9-18-17(25(32)34)12-37-26(35)28(18,36)6-2/h5,9-10,36H,1,6-8,11-12H2,2-4H3,(H,31,33)/t27-,28+/m1/s1. The van der Waals surface area contributed by atoms with Gasteiger partial charge in [-0.3, -0.25) is 9.59 Å². The minimum atomic E-state index is -1.95. The molecule has 2 aromatic heterocycles. The van der Waals surface area contributed by atoms with Crippen molar-refractivity contribution in [1.82, 2.24) is 14.9 Å². The number of nitrogens with zero attached hydrogens (tertiary/aromatic N) is 2. The van der Waals surface area contributed by atoms with Crippen LogP contribution in [0.4, 0.5) is 4.39 Å². The summed E-state index contributed by atoms with van der Waals surface area (Å²) in [5.74, 6) is -1.42. The first-order valence-electron chi connectivity index (χ1n) is 12.3. The van der Waals surface area contributed by atoms with Gasteiger partial charge in [-0.25, -0.2) is 14.2 Å². The van der Waals surface area contributed by atoms with Crippen LogP contribution in [0.3, 0.4) is 0 Å². The summed E-state index contributed by atoms with van der Waals surface area (Å²) < 4.78 is 21.7. The number of fused-ring (bicyclic) bond motifs is 5. The van der Waals surface area contributed by atoms with Gasteiger partial charge >= 0.3 is 5.97 Å². The summed E-state index contributed by atoms with van der Waals surface area (Å²) in [7, 11) is 0. The van der Waals surface area contributed by atoms with Crippen LogP contribution in [0.2, 0.25) is 0 Å². The molecule has 3 aliphatic rings. The molecule has 0 saturated heterocycles. The number of nitrogens with one attached hydrogen (secondary N) is 1. The largest absolute Gasteiger partial charge is 0.458 e. The number of aromatic nitrogens is 2. The van der Waals surface area contributed by atoms with E-state index in [4.69, 9.17) is 9.72 Å². The van der Waals surface area contributed by atoms with Gasteiger partial charge in [0.25, 0.3) is 5.56 Å². The van der Waals surface area contributed by atoms with Crippen LogP contribution in [0.5, 0.6) is 0 Å². The number of halogens is 1. The van der Waals surface area contributed by atoms with E-state index in [1.165, 1.54) is 13.0 Å². The molecule has 1 aromatic carbocycles. The number of amides is 1. The third-order valence-electron chi connectivity index (χ3n) is 8.27. The fraction of sp³-hybridized carbons (Fsp3) is 0.357. The minimum absolute atomic E-state index is 0.0287. The molecular weight excluding hydrogens is 477 g/mol. The van der Waals surface area contributed by atoms with Crippen LogP contribution < -0.4 is 10.9 Å². The van der Waals surface area contributed by atoms with Gasteiger partial charge in [0, 0.05) is 29.5 Å². The topological polar surface area (TPSA) is 111 Å². The van der Waals surface area contributed by atoms with Crippen molar-refractivity contribution in [3.8, 4) is 11.4 Å². The second kappa shape index (κ2) is 7.58. The number of aliphatic hydroxyl groups is 1. The highest BCUT2D eigenvalue weighted by Gasteiger charge is 2.47. The van der Waals surface area contributed by atoms with Crippen LogP contribution in [-0.2, 0) is 45.0 Å². The number of rotatable bonds is 3. The lowest BCUT2D eigenvalue weighted by molar-refractivity contribution is -0.172. The lowest BCUT2D eigenvalue weighted by Gasteiger charge is -2.39. The van der Waals surface area contributed by atoms with E-state index in [0.29, 0.717) is 35.3 Å². The second-order valence-corrected chi connectivity index (χ2v) is 10.1. The van der Waals surface area contributed by atoms with E-state index in [9.17, 15) is 23.9 Å². The van der Waals surface area contributed by atoms with E-state index < -0.39 is 17.1 Å². The quantitative estimate of drug-likeness (QED) is 0.329. The normalized spacial score (nSPS) is 23.2. The molecule has 1 aliphatic carbocycles. The number of ether oxygens (including phenoxy) is 1. The predicted octanol–water partition coefficient (Wildman–Crippen LogP) is 2.99. The molecule has 0 bridgehead atoms. The average Bonchev–Trinajstić information content (AvgIpc) is 3.23. The van der Waals surface area contributed by atoms with E-state index in [1.54, 1.807) is 30.6 Å². The molecule has 3 aromatic rings. The second-order valence-electron chi connectivity index (χ2n) is 10.1. The predicted molar refractivity (Wildman–Crippen MR) is 133 cm³/mol. The molecule has 9 heteroatoms. The van der Waals surface area contributed by atoms with Crippen molar-refractivity contribution in [2.75, 3.05) is 0 Å². The average molecular weight is 504 g/mol. The Hall–Kier alpha value is -3.85. The SMILES string of the molecule is C=C[C@@]1(NC(C)=O)CCc2c(C)c(F)cc3nc4c(c1c23)Cn1c-4cc2c(c1=O)COC(=O)[C@]2(O)CC. The Kier molecular flexibility index (Phi) is 4.82. The molecule has 0 unspecified atom stereocenters. The first-order chi connectivity index (χ1) is 17.6. The van der Waals surface area contributed by atoms with Gasteiger partial charge in [0.1, 0.15) is 12.4 Å². The number of hydrogen-bond acceptors (Lipinski definition) is 6.